The first kappa shape index (κ1) is 10.4. The summed E-state index contributed by atoms with van der Waals surface area (Å²) in [4.78, 5) is 11.5. The third-order valence-electron chi connectivity index (χ3n) is 2.29. The lowest BCUT2D eigenvalue weighted by atomic mass is 10.3. The summed E-state index contributed by atoms with van der Waals surface area (Å²) in [6.45, 7) is 0. The summed E-state index contributed by atoms with van der Waals surface area (Å²) in [7, 11) is 0. The highest BCUT2D eigenvalue weighted by Gasteiger charge is 2.11. The molecule has 4 nitrogen and oxygen atoms in total. The maximum absolute atomic E-state index is 11.5. The van der Waals surface area contributed by atoms with Crippen LogP contribution in [-0.2, 0) is 0 Å². The fraction of sp³-hybridized carbons (Fsp3) is 0.400. The minimum atomic E-state index is -0.305. The highest BCUT2D eigenvalue weighted by atomic mass is 79.9. The number of rotatable bonds is 2. The number of hydrogen-bond acceptors (Lipinski definition) is 3. The number of halogens is 1. The second-order valence-electron chi connectivity index (χ2n) is 3.43. The zero-order valence-corrected chi connectivity index (χ0v) is 9.71. The molecule has 1 fully saturated rings. The third-order valence-corrected chi connectivity index (χ3v) is 2.72. The van der Waals surface area contributed by atoms with Gasteiger partial charge in [0, 0.05) is 5.71 Å². The molecule has 1 aromatic rings. The van der Waals surface area contributed by atoms with E-state index in [4.69, 9.17) is 4.42 Å². The molecule has 1 amide bonds. The molecule has 0 radical (unpaired) electrons. The molecule has 0 atom stereocenters. The number of carbonyl (C=O) groups is 1. The van der Waals surface area contributed by atoms with Gasteiger partial charge in [-0.05, 0) is 53.7 Å². The van der Waals surface area contributed by atoms with Gasteiger partial charge in [0.2, 0.25) is 0 Å². The Hall–Kier alpha value is -1.10. The van der Waals surface area contributed by atoms with E-state index in [2.05, 4.69) is 26.5 Å². The fourth-order valence-electron chi connectivity index (χ4n) is 1.52. The quantitative estimate of drug-likeness (QED) is 0.841. The van der Waals surface area contributed by atoms with Crippen LogP contribution in [0.5, 0.6) is 0 Å². The molecule has 5 heteroatoms. The van der Waals surface area contributed by atoms with Crippen molar-refractivity contribution >= 4 is 27.5 Å². The Morgan fingerprint density at radius 3 is 2.73 bits per heavy atom. The minimum Gasteiger partial charge on any atom is -0.444 e. The van der Waals surface area contributed by atoms with Crippen LogP contribution in [-0.4, -0.2) is 11.6 Å². The zero-order chi connectivity index (χ0) is 10.7. The van der Waals surface area contributed by atoms with Crippen molar-refractivity contribution in [1.82, 2.24) is 5.43 Å². The smallest absolute Gasteiger partial charge is 0.307 e. The highest BCUT2D eigenvalue weighted by Crippen LogP contribution is 2.15. The standard InChI is InChI=1S/C10H11BrN2O2/c11-9-6-5-8(15-9)10(14)13-12-7-3-1-2-4-7/h5-6H,1-4H2,(H,13,14). The summed E-state index contributed by atoms with van der Waals surface area (Å²) >= 11 is 3.14. The number of carbonyl (C=O) groups excluding carboxylic acids is 1. The van der Waals surface area contributed by atoms with Crippen LogP contribution in [0.25, 0.3) is 0 Å². The highest BCUT2D eigenvalue weighted by molar-refractivity contribution is 9.10. The van der Waals surface area contributed by atoms with E-state index in [0.29, 0.717) is 4.67 Å². The van der Waals surface area contributed by atoms with E-state index >= 15 is 0 Å². The zero-order valence-electron chi connectivity index (χ0n) is 8.12. The summed E-state index contributed by atoms with van der Waals surface area (Å²) in [6, 6.07) is 3.28. The first-order chi connectivity index (χ1) is 7.25. The van der Waals surface area contributed by atoms with Gasteiger partial charge in [-0.15, -0.1) is 0 Å². The van der Waals surface area contributed by atoms with Crippen molar-refractivity contribution in [3.8, 4) is 0 Å². The van der Waals surface area contributed by atoms with E-state index in [9.17, 15) is 4.79 Å². The first-order valence-electron chi connectivity index (χ1n) is 4.87. The number of amides is 1. The Kier molecular flexibility index (Phi) is 3.20. The maximum Gasteiger partial charge on any atom is 0.307 e. The molecule has 1 aliphatic rings. The molecule has 0 unspecified atom stereocenters. The van der Waals surface area contributed by atoms with Crippen LogP contribution >= 0.6 is 15.9 Å². The van der Waals surface area contributed by atoms with Gasteiger partial charge in [-0.25, -0.2) is 5.43 Å². The van der Waals surface area contributed by atoms with Gasteiger partial charge in [0.1, 0.15) is 0 Å². The van der Waals surface area contributed by atoms with Crippen LogP contribution < -0.4 is 5.43 Å². The van der Waals surface area contributed by atoms with Crippen LogP contribution in [0.4, 0.5) is 0 Å². The Balaban J connectivity index is 1.95. The van der Waals surface area contributed by atoms with E-state index in [-0.39, 0.29) is 11.7 Å². The Morgan fingerprint density at radius 2 is 2.13 bits per heavy atom. The predicted molar refractivity (Wildman–Crippen MR) is 59.8 cm³/mol. The van der Waals surface area contributed by atoms with Gasteiger partial charge in [0.05, 0.1) is 0 Å². The van der Waals surface area contributed by atoms with Crippen molar-refractivity contribution in [2.45, 2.75) is 25.7 Å². The van der Waals surface area contributed by atoms with Crippen molar-refractivity contribution in [3.63, 3.8) is 0 Å². The van der Waals surface area contributed by atoms with E-state index in [1.165, 1.54) is 12.8 Å². The number of nitrogens with zero attached hydrogens (tertiary/aromatic N) is 1. The summed E-state index contributed by atoms with van der Waals surface area (Å²) in [5, 5.41) is 4.05. The minimum absolute atomic E-state index is 0.268. The van der Waals surface area contributed by atoms with Gasteiger partial charge < -0.3 is 4.42 Å². The van der Waals surface area contributed by atoms with Crippen molar-refractivity contribution in [1.29, 1.82) is 0 Å². The van der Waals surface area contributed by atoms with E-state index in [1.54, 1.807) is 12.1 Å². The molecule has 80 valence electrons. The molecule has 0 aliphatic heterocycles. The SMILES string of the molecule is O=C(NN=C1CCCC1)c1ccc(Br)o1. The van der Waals surface area contributed by atoms with Crippen molar-refractivity contribution < 1.29 is 9.21 Å². The van der Waals surface area contributed by atoms with E-state index in [1.807, 2.05) is 0 Å². The molecule has 1 heterocycles. The molecule has 1 N–H and O–H groups in total. The molecule has 1 aromatic heterocycles. The summed E-state index contributed by atoms with van der Waals surface area (Å²) in [6.07, 6.45) is 4.31. The molecule has 1 aliphatic carbocycles. The van der Waals surface area contributed by atoms with Crippen LogP contribution in [0.2, 0.25) is 0 Å². The topological polar surface area (TPSA) is 54.6 Å². The lowest BCUT2D eigenvalue weighted by Crippen LogP contribution is -2.18. The molecule has 0 bridgehead atoms. The Labute approximate surface area is 95.9 Å². The van der Waals surface area contributed by atoms with Gasteiger partial charge in [-0.1, -0.05) is 0 Å². The molecular formula is C10H11BrN2O2. The van der Waals surface area contributed by atoms with Crippen LogP contribution in [0, 0.1) is 0 Å². The Morgan fingerprint density at radius 1 is 1.40 bits per heavy atom. The van der Waals surface area contributed by atoms with Gasteiger partial charge in [0.25, 0.3) is 0 Å². The van der Waals surface area contributed by atoms with E-state index < -0.39 is 0 Å². The molecule has 2 rings (SSSR count). The normalized spacial score (nSPS) is 15.4. The van der Waals surface area contributed by atoms with E-state index in [0.717, 1.165) is 18.6 Å². The van der Waals surface area contributed by atoms with Gasteiger partial charge in [-0.2, -0.15) is 5.10 Å². The van der Waals surface area contributed by atoms with Gasteiger partial charge in [-0.3, -0.25) is 4.79 Å². The second kappa shape index (κ2) is 4.61. The second-order valence-corrected chi connectivity index (χ2v) is 4.21. The number of furan rings is 1. The number of nitrogens with one attached hydrogen (secondary N) is 1. The lowest BCUT2D eigenvalue weighted by molar-refractivity contribution is 0.0926. The molecular weight excluding hydrogens is 260 g/mol. The Bertz CT molecular complexity index is 390. The van der Waals surface area contributed by atoms with Gasteiger partial charge >= 0.3 is 5.91 Å². The van der Waals surface area contributed by atoms with Crippen molar-refractivity contribution in [3.05, 3.63) is 22.6 Å². The maximum atomic E-state index is 11.5. The summed E-state index contributed by atoms with van der Waals surface area (Å²) < 4.78 is 5.64. The molecule has 1 saturated carbocycles. The van der Waals surface area contributed by atoms with Crippen LogP contribution in [0.1, 0.15) is 36.2 Å². The summed E-state index contributed by atoms with van der Waals surface area (Å²) in [5.41, 5.74) is 3.55. The lowest BCUT2D eigenvalue weighted by Gasteiger charge is -1.97. The molecule has 0 saturated heterocycles. The molecule has 0 aromatic carbocycles. The average Bonchev–Trinajstić information content (AvgIpc) is 2.84. The monoisotopic (exact) mass is 270 g/mol. The predicted octanol–water partition coefficient (Wildman–Crippen LogP) is 2.70. The average molecular weight is 271 g/mol. The molecule has 0 spiro atoms. The number of hydrazone groups is 1. The number of hydrogen-bond donors (Lipinski definition) is 1. The van der Waals surface area contributed by atoms with Crippen LogP contribution in [0.3, 0.4) is 0 Å². The fourth-order valence-corrected chi connectivity index (χ4v) is 1.82. The molecule has 15 heavy (non-hydrogen) atoms. The van der Waals surface area contributed by atoms with Crippen molar-refractivity contribution in [2.75, 3.05) is 0 Å². The van der Waals surface area contributed by atoms with Crippen LogP contribution in [0.15, 0.2) is 26.3 Å². The first-order valence-corrected chi connectivity index (χ1v) is 5.66. The third kappa shape index (κ3) is 2.68. The van der Waals surface area contributed by atoms with Crippen molar-refractivity contribution in [2.24, 2.45) is 5.10 Å². The largest absolute Gasteiger partial charge is 0.444 e. The van der Waals surface area contributed by atoms with Gasteiger partial charge in [0.15, 0.2) is 10.4 Å². The summed E-state index contributed by atoms with van der Waals surface area (Å²) in [5.74, 6) is -0.0377.